The van der Waals surface area contributed by atoms with Gasteiger partial charge in [-0.05, 0) is 10.6 Å². The molecule has 1 aromatic rings. The molecule has 2 fully saturated rings. The summed E-state index contributed by atoms with van der Waals surface area (Å²) in [5.41, 5.74) is 2.52. The van der Waals surface area contributed by atoms with Gasteiger partial charge in [-0.1, -0.05) is 92.6 Å². The van der Waals surface area contributed by atoms with Crippen LogP contribution >= 0.6 is 0 Å². The van der Waals surface area contributed by atoms with Crippen LogP contribution in [-0.4, -0.2) is 23.5 Å². The fourth-order valence-corrected chi connectivity index (χ4v) is 3.87. The van der Waals surface area contributed by atoms with E-state index in [2.05, 4.69) is 24.3 Å². The molecule has 0 unspecified atom stereocenters. The summed E-state index contributed by atoms with van der Waals surface area (Å²) in [5, 5.41) is -0.291. The van der Waals surface area contributed by atoms with E-state index in [4.69, 9.17) is 23.5 Å². The molecule has 0 heterocycles. The molecule has 0 atom stereocenters. The number of hydrogen-bond acceptors (Lipinski definition) is 0. The summed E-state index contributed by atoms with van der Waals surface area (Å²) in [7, 11) is 19.1. The van der Waals surface area contributed by atoms with Gasteiger partial charge in [0, 0.05) is 0 Å². The fraction of sp³-hybridized carbons (Fsp3) is 0.647. The molecular weight excluding hydrogens is 237 g/mol. The maximum Gasteiger partial charge on any atom is 0.0810 e. The van der Waals surface area contributed by atoms with Crippen molar-refractivity contribution in [3.05, 3.63) is 35.4 Å². The number of rotatable bonds is 2. The Morgan fingerprint density at radius 2 is 1.15 bits per heavy atom. The van der Waals surface area contributed by atoms with E-state index >= 15 is 0 Å². The Morgan fingerprint density at radius 3 is 1.60 bits per heavy atom. The Hall–Kier alpha value is -0.585. The normalized spacial score (nSPS) is 33.1. The molecule has 3 rings (SSSR count). The maximum atomic E-state index is 6.59. The first-order valence-electron chi connectivity index (χ1n) is 7.96. The second-order valence-corrected chi connectivity index (χ2v) is 6.93. The SMILES string of the molecule is [B]C1CCC([B])(c2ccc(C3([B])CCCC3)cc2)CC1. The molecule has 0 spiro atoms. The third-order valence-electron chi connectivity index (χ3n) is 5.45. The average molecular weight is 258 g/mol. The van der Waals surface area contributed by atoms with Crippen molar-refractivity contribution in [3.8, 4) is 0 Å². The van der Waals surface area contributed by atoms with Crippen LogP contribution in [0.4, 0.5) is 0 Å². The molecule has 0 bridgehead atoms. The Kier molecular flexibility index (Phi) is 3.82. The largest absolute Gasteiger partial charge is 0.0810 e. The molecule has 0 saturated heterocycles. The van der Waals surface area contributed by atoms with Gasteiger partial charge in [0.2, 0.25) is 0 Å². The first kappa shape index (κ1) is 14.4. The molecule has 2 aliphatic carbocycles. The van der Waals surface area contributed by atoms with Gasteiger partial charge < -0.3 is 0 Å². The maximum absolute atomic E-state index is 6.59. The van der Waals surface area contributed by atoms with Crippen molar-refractivity contribution in [1.29, 1.82) is 0 Å². The van der Waals surface area contributed by atoms with Crippen LogP contribution in [0.3, 0.4) is 0 Å². The van der Waals surface area contributed by atoms with Crippen LogP contribution in [-0.2, 0) is 10.6 Å². The predicted octanol–water partition coefficient (Wildman–Crippen LogP) is 3.52. The van der Waals surface area contributed by atoms with E-state index in [1.807, 2.05) is 0 Å². The quantitative estimate of drug-likeness (QED) is 0.712. The van der Waals surface area contributed by atoms with Gasteiger partial charge in [-0.25, -0.2) is 0 Å². The Morgan fingerprint density at radius 1 is 0.750 bits per heavy atom. The summed E-state index contributed by atoms with van der Waals surface area (Å²) in [6.07, 6.45) is 8.73. The molecule has 0 aliphatic heterocycles. The summed E-state index contributed by atoms with van der Waals surface area (Å²) in [6.45, 7) is 0. The van der Waals surface area contributed by atoms with Gasteiger partial charge in [0.05, 0.1) is 23.5 Å². The summed E-state index contributed by atoms with van der Waals surface area (Å²) >= 11 is 0. The van der Waals surface area contributed by atoms with E-state index in [0.29, 0.717) is 5.82 Å². The highest BCUT2D eigenvalue weighted by atomic mass is 14.3. The summed E-state index contributed by atoms with van der Waals surface area (Å²) < 4.78 is 0. The third kappa shape index (κ3) is 2.61. The zero-order valence-corrected chi connectivity index (χ0v) is 12.3. The van der Waals surface area contributed by atoms with Crippen molar-refractivity contribution in [2.45, 2.75) is 67.8 Å². The Bertz CT molecular complexity index is 452. The molecular formula is C17H21B3. The van der Waals surface area contributed by atoms with Crippen LogP contribution in [0.1, 0.15) is 62.5 Å². The topological polar surface area (TPSA) is 0 Å². The van der Waals surface area contributed by atoms with Crippen LogP contribution < -0.4 is 0 Å². The smallest absolute Gasteiger partial charge is 0.0774 e. The lowest BCUT2D eigenvalue weighted by Crippen LogP contribution is -2.31. The first-order chi connectivity index (χ1) is 9.52. The number of hydrogen-bond donors (Lipinski definition) is 0. The van der Waals surface area contributed by atoms with Crippen molar-refractivity contribution in [2.24, 2.45) is 0 Å². The van der Waals surface area contributed by atoms with Crippen molar-refractivity contribution >= 4 is 23.5 Å². The van der Waals surface area contributed by atoms with Crippen LogP contribution in [0.2, 0.25) is 5.82 Å². The van der Waals surface area contributed by atoms with Gasteiger partial charge in [-0.15, -0.1) is 0 Å². The molecule has 0 aromatic heterocycles. The lowest BCUT2D eigenvalue weighted by molar-refractivity contribution is 0.398. The predicted molar refractivity (Wildman–Crippen MR) is 87.7 cm³/mol. The van der Waals surface area contributed by atoms with Gasteiger partial charge in [-0.3, -0.25) is 0 Å². The minimum absolute atomic E-state index is 0.102. The molecule has 98 valence electrons. The molecule has 0 nitrogen and oxygen atoms in total. The molecule has 1 aromatic carbocycles. The zero-order chi connectivity index (χ0) is 14.2. The second kappa shape index (κ2) is 5.32. The van der Waals surface area contributed by atoms with E-state index in [1.54, 1.807) is 0 Å². The van der Waals surface area contributed by atoms with Crippen molar-refractivity contribution in [3.63, 3.8) is 0 Å². The Balaban J connectivity index is 1.79. The summed E-state index contributed by atoms with van der Waals surface area (Å²) in [4.78, 5) is 0. The Labute approximate surface area is 127 Å². The van der Waals surface area contributed by atoms with E-state index in [1.165, 1.54) is 24.0 Å². The van der Waals surface area contributed by atoms with E-state index in [9.17, 15) is 0 Å². The minimum atomic E-state index is -0.189. The van der Waals surface area contributed by atoms with Crippen LogP contribution in [0, 0.1) is 0 Å². The van der Waals surface area contributed by atoms with E-state index in [-0.39, 0.29) is 10.6 Å². The fourth-order valence-electron chi connectivity index (χ4n) is 3.87. The molecule has 0 amide bonds. The second-order valence-electron chi connectivity index (χ2n) is 6.93. The zero-order valence-electron chi connectivity index (χ0n) is 12.3. The van der Waals surface area contributed by atoms with Crippen molar-refractivity contribution in [1.82, 2.24) is 0 Å². The molecule has 2 saturated carbocycles. The van der Waals surface area contributed by atoms with Crippen LogP contribution in [0.15, 0.2) is 24.3 Å². The molecule has 2 aliphatic rings. The minimum Gasteiger partial charge on any atom is -0.0774 e. The van der Waals surface area contributed by atoms with Crippen LogP contribution in [0.25, 0.3) is 0 Å². The molecule has 6 radical (unpaired) electrons. The van der Waals surface area contributed by atoms with Gasteiger partial charge in [0.25, 0.3) is 0 Å². The van der Waals surface area contributed by atoms with E-state index in [0.717, 1.165) is 38.5 Å². The standard InChI is InChI=1S/C17H21B3/c18-15-7-11-17(20,12-8-15)14-5-3-13(4-6-14)16(19)9-1-2-10-16/h3-6,15H,1-2,7-12H2. The van der Waals surface area contributed by atoms with Gasteiger partial charge in [0.15, 0.2) is 0 Å². The summed E-state index contributed by atoms with van der Waals surface area (Å²) in [5.74, 6) is 0.330. The number of benzene rings is 1. The molecule has 0 N–H and O–H groups in total. The van der Waals surface area contributed by atoms with Gasteiger partial charge in [0.1, 0.15) is 0 Å². The average Bonchev–Trinajstić information content (AvgIpc) is 2.91. The molecule has 3 heteroatoms. The molecule has 20 heavy (non-hydrogen) atoms. The lowest BCUT2D eigenvalue weighted by atomic mass is 9.53. The first-order valence-corrected chi connectivity index (χ1v) is 7.96. The van der Waals surface area contributed by atoms with Crippen molar-refractivity contribution < 1.29 is 0 Å². The monoisotopic (exact) mass is 258 g/mol. The highest BCUT2D eigenvalue weighted by molar-refractivity contribution is 6.17. The van der Waals surface area contributed by atoms with E-state index < -0.39 is 0 Å². The van der Waals surface area contributed by atoms with Gasteiger partial charge >= 0.3 is 0 Å². The highest BCUT2D eigenvalue weighted by Gasteiger charge is 2.32. The van der Waals surface area contributed by atoms with Crippen LogP contribution in [0.5, 0.6) is 0 Å². The third-order valence-corrected chi connectivity index (χ3v) is 5.45. The summed E-state index contributed by atoms with van der Waals surface area (Å²) in [6, 6.07) is 8.78. The lowest BCUT2D eigenvalue weighted by Gasteiger charge is -2.38. The highest BCUT2D eigenvalue weighted by Crippen LogP contribution is 2.42. The van der Waals surface area contributed by atoms with Gasteiger partial charge in [-0.2, -0.15) is 0 Å². The van der Waals surface area contributed by atoms with Crippen molar-refractivity contribution in [2.75, 3.05) is 0 Å².